The molecule has 2 N–H and O–H groups in total. The largest absolute Gasteiger partial charge is 0.326 e. The van der Waals surface area contributed by atoms with E-state index < -0.39 is 0 Å². The number of nitrogens with zero attached hydrogens (tertiary/aromatic N) is 1. The third-order valence-corrected chi connectivity index (χ3v) is 4.35. The zero-order valence-electron chi connectivity index (χ0n) is 13.5. The molecule has 0 radical (unpaired) electrons. The fourth-order valence-corrected chi connectivity index (χ4v) is 3.39. The van der Waals surface area contributed by atoms with Gasteiger partial charge < -0.3 is 5.73 Å². The van der Waals surface area contributed by atoms with Gasteiger partial charge in [0.05, 0.1) is 6.04 Å². The van der Waals surface area contributed by atoms with Crippen LogP contribution in [0.4, 0.5) is 0 Å². The van der Waals surface area contributed by atoms with Crippen LogP contribution in [0.5, 0.6) is 0 Å². The average Bonchev–Trinajstić information content (AvgIpc) is 2.39. The topological polar surface area (TPSA) is 29.3 Å². The van der Waals surface area contributed by atoms with E-state index in [1.54, 1.807) is 0 Å². The molecule has 2 atom stereocenters. The lowest BCUT2D eigenvalue weighted by Gasteiger charge is -2.42. The van der Waals surface area contributed by atoms with Crippen molar-refractivity contribution >= 4 is 0 Å². The highest BCUT2D eigenvalue weighted by Crippen LogP contribution is 2.32. The summed E-state index contributed by atoms with van der Waals surface area (Å²) in [6.45, 7) is 10.3. The van der Waals surface area contributed by atoms with Crippen LogP contribution in [0.3, 0.4) is 0 Å². The van der Waals surface area contributed by atoms with E-state index in [4.69, 9.17) is 5.73 Å². The molecule has 2 nitrogen and oxygen atoms in total. The molecule has 0 amide bonds. The van der Waals surface area contributed by atoms with Gasteiger partial charge in [0, 0.05) is 12.1 Å². The van der Waals surface area contributed by atoms with Crippen molar-refractivity contribution in [2.45, 2.75) is 65.1 Å². The van der Waals surface area contributed by atoms with Crippen molar-refractivity contribution in [3.63, 3.8) is 0 Å². The first-order valence-corrected chi connectivity index (χ1v) is 8.09. The lowest BCUT2D eigenvalue weighted by atomic mass is 9.89. The van der Waals surface area contributed by atoms with Crippen molar-refractivity contribution in [3.05, 3.63) is 35.4 Å². The van der Waals surface area contributed by atoms with Gasteiger partial charge in [-0.2, -0.15) is 0 Å². The number of likely N-dealkylation sites (tertiary alicyclic amines) is 1. The fourth-order valence-electron chi connectivity index (χ4n) is 3.39. The number of piperidine rings is 1. The van der Waals surface area contributed by atoms with Crippen LogP contribution in [0, 0.1) is 5.92 Å². The molecule has 0 aliphatic carbocycles. The summed E-state index contributed by atoms with van der Waals surface area (Å²) in [6, 6.07) is 10.4. The SMILES string of the molecule is CC(C)Cc1ccc(C2C(N)CCCN2C(C)C)cc1. The third kappa shape index (κ3) is 3.62. The van der Waals surface area contributed by atoms with Crippen LogP contribution < -0.4 is 5.73 Å². The molecule has 0 saturated carbocycles. The van der Waals surface area contributed by atoms with Gasteiger partial charge in [-0.05, 0) is 56.7 Å². The third-order valence-electron chi connectivity index (χ3n) is 4.35. The minimum Gasteiger partial charge on any atom is -0.326 e. The summed E-state index contributed by atoms with van der Waals surface area (Å²) in [6.07, 6.45) is 3.52. The van der Waals surface area contributed by atoms with Gasteiger partial charge in [-0.15, -0.1) is 0 Å². The van der Waals surface area contributed by atoms with Crippen LogP contribution >= 0.6 is 0 Å². The Bertz CT molecular complexity index is 408. The van der Waals surface area contributed by atoms with Gasteiger partial charge in [0.15, 0.2) is 0 Å². The van der Waals surface area contributed by atoms with Gasteiger partial charge >= 0.3 is 0 Å². The fraction of sp³-hybridized carbons (Fsp3) is 0.667. The van der Waals surface area contributed by atoms with Crippen molar-refractivity contribution in [1.29, 1.82) is 0 Å². The molecule has 1 aromatic carbocycles. The summed E-state index contributed by atoms with van der Waals surface area (Å²) in [4.78, 5) is 2.56. The normalized spacial score (nSPS) is 24.6. The lowest BCUT2D eigenvalue weighted by molar-refractivity contribution is 0.0947. The summed E-state index contributed by atoms with van der Waals surface area (Å²) < 4.78 is 0. The minimum absolute atomic E-state index is 0.266. The number of benzene rings is 1. The maximum atomic E-state index is 6.42. The van der Waals surface area contributed by atoms with Crippen molar-refractivity contribution in [2.75, 3.05) is 6.54 Å². The van der Waals surface area contributed by atoms with E-state index in [2.05, 4.69) is 56.9 Å². The predicted molar refractivity (Wildman–Crippen MR) is 86.8 cm³/mol. The van der Waals surface area contributed by atoms with Crippen LogP contribution in [0.1, 0.15) is 57.7 Å². The Balaban J connectivity index is 2.18. The Kier molecular flexibility index (Phi) is 5.22. The molecule has 1 aliphatic heterocycles. The Labute approximate surface area is 124 Å². The second kappa shape index (κ2) is 6.73. The molecule has 2 heteroatoms. The molecule has 20 heavy (non-hydrogen) atoms. The van der Waals surface area contributed by atoms with Crippen LogP contribution in [0.25, 0.3) is 0 Å². The van der Waals surface area contributed by atoms with Crippen molar-refractivity contribution in [1.82, 2.24) is 4.90 Å². The van der Waals surface area contributed by atoms with Gasteiger partial charge in [0.1, 0.15) is 0 Å². The molecule has 1 heterocycles. The molecule has 0 spiro atoms. The number of rotatable bonds is 4. The molecule has 1 saturated heterocycles. The highest BCUT2D eigenvalue weighted by atomic mass is 15.2. The van der Waals surface area contributed by atoms with Crippen molar-refractivity contribution in [2.24, 2.45) is 11.7 Å². The first kappa shape index (κ1) is 15.5. The van der Waals surface area contributed by atoms with Crippen LogP contribution in [-0.2, 0) is 6.42 Å². The summed E-state index contributed by atoms with van der Waals surface area (Å²) in [5.41, 5.74) is 9.24. The standard InChI is InChI=1S/C18H30N2/c1-13(2)12-15-7-9-16(10-8-15)18-17(19)6-5-11-20(18)14(3)4/h7-10,13-14,17-18H,5-6,11-12,19H2,1-4H3. The minimum atomic E-state index is 0.266. The summed E-state index contributed by atoms with van der Waals surface area (Å²) in [5, 5.41) is 0. The molecule has 2 rings (SSSR count). The van der Waals surface area contributed by atoms with E-state index in [9.17, 15) is 0 Å². The number of hydrogen-bond donors (Lipinski definition) is 1. The van der Waals surface area contributed by atoms with E-state index in [1.807, 2.05) is 0 Å². The molecule has 1 aromatic rings. The predicted octanol–water partition coefficient (Wildman–Crippen LogP) is 3.76. The highest BCUT2D eigenvalue weighted by Gasteiger charge is 2.31. The van der Waals surface area contributed by atoms with Crippen LogP contribution in [0.15, 0.2) is 24.3 Å². The monoisotopic (exact) mass is 274 g/mol. The summed E-state index contributed by atoms with van der Waals surface area (Å²) >= 11 is 0. The average molecular weight is 274 g/mol. The molecule has 0 aromatic heterocycles. The molecular formula is C18H30N2. The second-order valence-corrected chi connectivity index (χ2v) is 6.92. The molecular weight excluding hydrogens is 244 g/mol. The zero-order chi connectivity index (χ0) is 14.7. The molecule has 2 unspecified atom stereocenters. The van der Waals surface area contributed by atoms with Gasteiger partial charge in [-0.25, -0.2) is 0 Å². The highest BCUT2D eigenvalue weighted by molar-refractivity contribution is 5.27. The molecule has 0 bridgehead atoms. The van der Waals surface area contributed by atoms with Gasteiger partial charge in [0.2, 0.25) is 0 Å². The quantitative estimate of drug-likeness (QED) is 0.906. The Hall–Kier alpha value is -0.860. The van der Waals surface area contributed by atoms with Gasteiger partial charge in [-0.3, -0.25) is 4.90 Å². The molecule has 112 valence electrons. The maximum absolute atomic E-state index is 6.42. The first-order valence-electron chi connectivity index (χ1n) is 8.09. The Morgan fingerprint density at radius 2 is 1.80 bits per heavy atom. The van der Waals surface area contributed by atoms with Crippen molar-refractivity contribution in [3.8, 4) is 0 Å². The zero-order valence-corrected chi connectivity index (χ0v) is 13.5. The second-order valence-electron chi connectivity index (χ2n) is 6.92. The molecule has 1 aliphatic rings. The van der Waals surface area contributed by atoms with E-state index in [-0.39, 0.29) is 6.04 Å². The van der Waals surface area contributed by atoms with Crippen LogP contribution in [0.2, 0.25) is 0 Å². The number of nitrogens with two attached hydrogens (primary N) is 1. The summed E-state index contributed by atoms with van der Waals surface area (Å²) in [7, 11) is 0. The van der Waals surface area contributed by atoms with Crippen molar-refractivity contribution < 1.29 is 0 Å². The first-order chi connectivity index (χ1) is 9.49. The van der Waals surface area contributed by atoms with Gasteiger partial charge in [0.25, 0.3) is 0 Å². The van der Waals surface area contributed by atoms with E-state index in [0.717, 1.165) is 12.8 Å². The Morgan fingerprint density at radius 1 is 1.15 bits per heavy atom. The maximum Gasteiger partial charge on any atom is 0.0501 e. The van der Waals surface area contributed by atoms with E-state index >= 15 is 0 Å². The Morgan fingerprint density at radius 3 is 2.35 bits per heavy atom. The van der Waals surface area contributed by atoms with E-state index in [1.165, 1.54) is 24.1 Å². The van der Waals surface area contributed by atoms with Gasteiger partial charge in [-0.1, -0.05) is 38.1 Å². The number of hydrogen-bond acceptors (Lipinski definition) is 2. The smallest absolute Gasteiger partial charge is 0.0501 e. The lowest BCUT2D eigenvalue weighted by Crippen LogP contribution is -2.48. The summed E-state index contributed by atoms with van der Waals surface area (Å²) in [5.74, 6) is 0.713. The van der Waals surface area contributed by atoms with E-state index in [0.29, 0.717) is 18.0 Å². The van der Waals surface area contributed by atoms with Crippen LogP contribution in [-0.4, -0.2) is 23.5 Å². The molecule has 1 fully saturated rings.